The Bertz CT molecular complexity index is 904. The van der Waals surface area contributed by atoms with E-state index in [1.807, 2.05) is 30.3 Å². The molecule has 0 saturated heterocycles. The van der Waals surface area contributed by atoms with Gasteiger partial charge in [-0.05, 0) is 36.6 Å². The van der Waals surface area contributed by atoms with Crippen LogP contribution < -0.4 is 14.4 Å². The third-order valence-corrected chi connectivity index (χ3v) is 5.66. The lowest BCUT2D eigenvalue weighted by Crippen LogP contribution is -2.49. The van der Waals surface area contributed by atoms with Crippen molar-refractivity contribution in [3.05, 3.63) is 59.1 Å². The van der Waals surface area contributed by atoms with Gasteiger partial charge in [-0.1, -0.05) is 48.9 Å². The van der Waals surface area contributed by atoms with Gasteiger partial charge in [-0.2, -0.15) is 0 Å². The number of rotatable bonds is 9. The van der Waals surface area contributed by atoms with Crippen LogP contribution in [-0.4, -0.2) is 40.3 Å². The number of hydrogen-bond acceptors (Lipinski definition) is 4. The fourth-order valence-electron chi connectivity index (χ4n) is 2.96. The maximum absolute atomic E-state index is 12.8. The third-order valence-electron chi connectivity index (χ3n) is 4.26. The van der Waals surface area contributed by atoms with Crippen molar-refractivity contribution in [3.8, 4) is 5.75 Å². The molecule has 6 nitrogen and oxygen atoms in total. The molecule has 0 aromatic heterocycles. The van der Waals surface area contributed by atoms with Crippen molar-refractivity contribution in [3.63, 3.8) is 0 Å². The Morgan fingerprint density at radius 1 is 1.21 bits per heavy atom. The average molecular weight is 425 g/mol. The normalized spacial score (nSPS) is 12.3. The second-order valence-corrected chi connectivity index (χ2v) is 8.62. The lowest BCUT2D eigenvalue weighted by Gasteiger charge is -2.31. The summed E-state index contributed by atoms with van der Waals surface area (Å²) in [6.07, 6.45) is 2.01. The molecular weight excluding hydrogens is 400 g/mol. The molecular formula is C20H25ClN2O4S. The number of ether oxygens (including phenoxy) is 1. The number of benzene rings is 2. The number of amides is 1. The second kappa shape index (κ2) is 9.80. The van der Waals surface area contributed by atoms with Gasteiger partial charge in [0.15, 0.2) is 0 Å². The van der Waals surface area contributed by atoms with E-state index in [0.717, 1.165) is 16.1 Å². The van der Waals surface area contributed by atoms with E-state index in [2.05, 4.69) is 5.32 Å². The van der Waals surface area contributed by atoms with Crippen molar-refractivity contribution in [2.24, 2.45) is 0 Å². The molecule has 2 rings (SSSR count). The van der Waals surface area contributed by atoms with E-state index in [0.29, 0.717) is 30.2 Å². The zero-order valence-electron chi connectivity index (χ0n) is 16.2. The van der Waals surface area contributed by atoms with Gasteiger partial charge in [0, 0.05) is 11.6 Å². The Balaban J connectivity index is 2.26. The molecule has 8 heteroatoms. The smallest absolute Gasteiger partial charge is 0.243 e. The first kappa shape index (κ1) is 22.0. The van der Waals surface area contributed by atoms with Gasteiger partial charge in [-0.3, -0.25) is 9.10 Å². The van der Waals surface area contributed by atoms with E-state index in [9.17, 15) is 13.2 Å². The maximum Gasteiger partial charge on any atom is 0.243 e. The SMILES string of the molecule is CCC(C(=O)NCCc1ccccc1)N(c1cc(Cl)ccc1OC)S(C)(=O)=O. The quantitative estimate of drug-likeness (QED) is 0.670. The molecule has 2 aromatic carbocycles. The van der Waals surface area contributed by atoms with E-state index in [1.54, 1.807) is 19.1 Å². The summed E-state index contributed by atoms with van der Waals surface area (Å²) in [7, 11) is -2.33. The number of methoxy groups -OCH3 is 1. The van der Waals surface area contributed by atoms with Crippen molar-refractivity contribution >= 4 is 33.2 Å². The number of halogens is 1. The molecule has 0 radical (unpaired) electrons. The number of hydrogen-bond donors (Lipinski definition) is 1. The topological polar surface area (TPSA) is 75.7 Å². The van der Waals surface area contributed by atoms with Crippen LogP contribution in [-0.2, 0) is 21.2 Å². The van der Waals surface area contributed by atoms with Crippen LogP contribution in [0, 0.1) is 0 Å². The summed E-state index contributed by atoms with van der Waals surface area (Å²) in [5.74, 6) is -0.0451. The molecule has 0 aliphatic heterocycles. The Hall–Kier alpha value is -2.25. The number of nitrogens with one attached hydrogen (secondary N) is 1. The molecule has 152 valence electrons. The standard InChI is InChI=1S/C20H25ClN2O4S/c1-4-17(20(24)22-13-12-15-8-6-5-7-9-15)23(28(3,25)26)18-14-16(21)10-11-19(18)27-2/h5-11,14,17H,4,12-13H2,1-3H3,(H,22,24). The van der Waals surface area contributed by atoms with Gasteiger partial charge in [-0.25, -0.2) is 8.42 Å². The fraction of sp³-hybridized carbons (Fsp3) is 0.350. The Morgan fingerprint density at radius 3 is 2.46 bits per heavy atom. The van der Waals surface area contributed by atoms with Crippen LogP contribution in [0.25, 0.3) is 0 Å². The summed E-state index contributed by atoms with van der Waals surface area (Å²) in [6.45, 7) is 2.17. The van der Waals surface area contributed by atoms with E-state index < -0.39 is 16.1 Å². The molecule has 0 fully saturated rings. The average Bonchev–Trinajstić information content (AvgIpc) is 2.65. The van der Waals surface area contributed by atoms with E-state index in [1.165, 1.54) is 13.2 Å². The van der Waals surface area contributed by atoms with Crippen molar-refractivity contribution in [1.82, 2.24) is 5.32 Å². The van der Waals surface area contributed by atoms with E-state index in [4.69, 9.17) is 16.3 Å². The van der Waals surface area contributed by atoms with Gasteiger partial charge < -0.3 is 10.1 Å². The first-order valence-corrected chi connectivity index (χ1v) is 11.1. The van der Waals surface area contributed by atoms with Crippen LogP contribution in [0.2, 0.25) is 5.02 Å². The highest BCUT2D eigenvalue weighted by Gasteiger charge is 2.33. The van der Waals surface area contributed by atoms with Crippen molar-refractivity contribution in [2.75, 3.05) is 24.2 Å². The Kier molecular flexibility index (Phi) is 7.71. The monoisotopic (exact) mass is 424 g/mol. The van der Waals surface area contributed by atoms with Crippen LogP contribution in [0.5, 0.6) is 5.75 Å². The molecule has 0 aliphatic carbocycles. The van der Waals surface area contributed by atoms with Crippen LogP contribution in [0.1, 0.15) is 18.9 Å². The van der Waals surface area contributed by atoms with Crippen molar-refractivity contribution < 1.29 is 17.9 Å². The molecule has 0 spiro atoms. The number of carbonyl (C=O) groups is 1. The molecule has 0 aliphatic rings. The minimum Gasteiger partial charge on any atom is -0.495 e. The summed E-state index contributed by atoms with van der Waals surface area (Å²) < 4.78 is 31.5. The number of anilines is 1. The number of nitrogens with zero attached hydrogens (tertiary/aromatic N) is 1. The first-order chi connectivity index (χ1) is 13.3. The molecule has 1 unspecified atom stereocenters. The van der Waals surface area contributed by atoms with Crippen LogP contribution in [0.4, 0.5) is 5.69 Å². The molecule has 1 N–H and O–H groups in total. The molecule has 2 aromatic rings. The van der Waals surface area contributed by atoms with Gasteiger partial charge in [0.25, 0.3) is 0 Å². The molecule has 1 atom stereocenters. The third kappa shape index (κ3) is 5.62. The predicted molar refractivity (Wildman–Crippen MR) is 113 cm³/mol. The highest BCUT2D eigenvalue weighted by Crippen LogP contribution is 2.34. The minimum absolute atomic E-state index is 0.238. The zero-order chi connectivity index (χ0) is 20.7. The zero-order valence-corrected chi connectivity index (χ0v) is 17.8. The Morgan fingerprint density at radius 2 is 1.89 bits per heavy atom. The molecule has 1 amide bonds. The maximum atomic E-state index is 12.8. The van der Waals surface area contributed by atoms with Crippen molar-refractivity contribution in [2.45, 2.75) is 25.8 Å². The van der Waals surface area contributed by atoms with E-state index in [-0.39, 0.29) is 11.6 Å². The predicted octanol–water partition coefficient (Wildman–Crippen LogP) is 3.25. The molecule has 0 bridgehead atoms. The van der Waals surface area contributed by atoms with Crippen LogP contribution >= 0.6 is 11.6 Å². The summed E-state index contributed by atoms with van der Waals surface area (Å²) >= 11 is 6.07. The van der Waals surface area contributed by atoms with Gasteiger partial charge in [0.05, 0.1) is 19.1 Å². The fourth-order valence-corrected chi connectivity index (χ4v) is 4.34. The minimum atomic E-state index is -3.77. The van der Waals surface area contributed by atoms with Crippen molar-refractivity contribution in [1.29, 1.82) is 0 Å². The van der Waals surface area contributed by atoms with Crippen LogP contribution in [0.15, 0.2) is 48.5 Å². The number of carbonyl (C=O) groups excluding carboxylic acids is 1. The Labute approximate surface area is 171 Å². The van der Waals surface area contributed by atoms with Gasteiger partial charge in [-0.15, -0.1) is 0 Å². The highest BCUT2D eigenvalue weighted by atomic mass is 35.5. The van der Waals surface area contributed by atoms with Crippen LogP contribution in [0.3, 0.4) is 0 Å². The second-order valence-electron chi connectivity index (χ2n) is 6.33. The van der Waals surface area contributed by atoms with E-state index >= 15 is 0 Å². The lowest BCUT2D eigenvalue weighted by atomic mass is 10.1. The van der Waals surface area contributed by atoms with Gasteiger partial charge in [0.1, 0.15) is 11.8 Å². The highest BCUT2D eigenvalue weighted by molar-refractivity contribution is 7.92. The number of sulfonamides is 1. The lowest BCUT2D eigenvalue weighted by molar-refractivity contribution is -0.122. The summed E-state index contributed by atoms with van der Waals surface area (Å²) in [6, 6.07) is 13.5. The molecule has 28 heavy (non-hydrogen) atoms. The first-order valence-electron chi connectivity index (χ1n) is 8.92. The van der Waals surface area contributed by atoms with Gasteiger partial charge >= 0.3 is 0 Å². The summed E-state index contributed by atoms with van der Waals surface area (Å²) in [5, 5.41) is 3.19. The molecule has 0 saturated carbocycles. The van der Waals surface area contributed by atoms with Gasteiger partial charge in [0.2, 0.25) is 15.9 Å². The molecule has 0 heterocycles. The largest absolute Gasteiger partial charge is 0.495 e. The summed E-state index contributed by atoms with van der Waals surface area (Å²) in [4.78, 5) is 12.8. The summed E-state index contributed by atoms with van der Waals surface area (Å²) in [5.41, 5.74) is 1.33.